The van der Waals surface area contributed by atoms with Crippen LogP contribution in [0.2, 0.25) is 0 Å². The zero-order valence-electron chi connectivity index (χ0n) is 7.34. The maximum atomic E-state index is 13.3. The van der Waals surface area contributed by atoms with Crippen LogP contribution in [0.15, 0.2) is 12.1 Å². The van der Waals surface area contributed by atoms with Gasteiger partial charge in [0.05, 0.1) is 10.9 Å². The minimum atomic E-state index is -1.11. The minimum absolute atomic E-state index is 0.00532. The van der Waals surface area contributed by atoms with Crippen molar-refractivity contribution in [2.75, 3.05) is 0 Å². The number of fused-ring (bicyclic) bond motifs is 1. The van der Waals surface area contributed by atoms with Crippen molar-refractivity contribution in [2.24, 2.45) is 0 Å². The summed E-state index contributed by atoms with van der Waals surface area (Å²) in [5.41, 5.74) is 0.696. The Morgan fingerprint density at radius 1 is 1.57 bits per heavy atom. The summed E-state index contributed by atoms with van der Waals surface area (Å²) in [5, 5.41) is 15.4. The van der Waals surface area contributed by atoms with Crippen LogP contribution in [0.3, 0.4) is 0 Å². The Morgan fingerprint density at radius 2 is 2.29 bits per heavy atom. The van der Waals surface area contributed by atoms with Crippen LogP contribution in [-0.2, 0) is 0 Å². The molecule has 0 unspecified atom stereocenters. The molecule has 2 aromatic rings. The molecule has 0 saturated carbocycles. The number of aromatic nitrogens is 2. The average molecular weight is 194 g/mol. The number of rotatable bonds is 1. The van der Waals surface area contributed by atoms with Crippen molar-refractivity contribution >= 4 is 16.9 Å². The van der Waals surface area contributed by atoms with Crippen LogP contribution in [-0.4, -0.2) is 21.3 Å². The van der Waals surface area contributed by atoms with Crippen molar-refractivity contribution in [3.8, 4) is 0 Å². The van der Waals surface area contributed by atoms with E-state index in [0.29, 0.717) is 5.69 Å². The van der Waals surface area contributed by atoms with Gasteiger partial charge in [0.1, 0.15) is 11.3 Å². The smallest absolute Gasteiger partial charge is 0.337 e. The Hall–Kier alpha value is -1.91. The normalized spacial score (nSPS) is 10.7. The fourth-order valence-corrected chi connectivity index (χ4v) is 1.41. The maximum Gasteiger partial charge on any atom is 0.337 e. The van der Waals surface area contributed by atoms with Gasteiger partial charge < -0.3 is 5.11 Å². The van der Waals surface area contributed by atoms with Gasteiger partial charge in [-0.2, -0.15) is 5.10 Å². The van der Waals surface area contributed by atoms with Gasteiger partial charge >= 0.3 is 5.97 Å². The molecule has 2 rings (SSSR count). The van der Waals surface area contributed by atoms with Crippen molar-refractivity contribution in [2.45, 2.75) is 6.92 Å². The molecule has 1 aromatic carbocycles. The van der Waals surface area contributed by atoms with E-state index < -0.39 is 11.8 Å². The Morgan fingerprint density at radius 3 is 2.93 bits per heavy atom. The molecule has 0 aliphatic carbocycles. The predicted octanol–water partition coefficient (Wildman–Crippen LogP) is 1.71. The van der Waals surface area contributed by atoms with Crippen molar-refractivity contribution in [1.82, 2.24) is 10.2 Å². The number of hydrogen-bond donors (Lipinski definition) is 2. The third kappa shape index (κ3) is 1.06. The predicted molar refractivity (Wildman–Crippen MR) is 47.7 cm³/mol. The summed E-state index contributed by atoms with van der Waals surface area (Å²) in [6, 6.07) is 2.34. The Labute approximate surface area is 78.4 Å². The van der Waals surface area contributed by atoms with Crippen LogP contribution in [0, 0.1) is 12.7 Å². The van der Waals surface area contributed by atoms with Gasteiger partial charge in [-0.05, 0) is 19.1 Å². The Kier molecular flexibility index (Phi) is 1.73. The fourth-order valence-electron chi connectivity index (χ4n) is 1.41. The minimum Gasteiger partial charge on any atom is -0.478 e. The molecule has 0 radical (unpaired) electrons. The highest BCUT2D eigenvalue weighted by atomic mass is 19.1. The molecule has 4 nitrogen and oxygen atoms in total. The van der Waals surface area contributed by atoms with Crippen LogP contribution in [0.4, 0.5) is 4.39 Å². The van der Waals surface area contributed by atoms with E-state index in [0.717, 1.165) is 6.07 Å². The van der Waals surface area contributed by atoms with Gasteiger partial charge in [-0.25, -0.2) is 9.18 Å². The zero-order chi connectivity index (χ0) is 10.3. The first-order valence-corrected chi connectivity index (χ1v) is 3.97. The van der Waals surface area contributed by atoms with E-state index >= 15 is 0 Å². The third-order valence-electron chi connectivity index (χ3n) is 2.07. The van der Waals surface area contributed by atoms with E-state index in [4.69, 9.17) is 5.11 Å². The summed E-state index contributed by atoms with van der Waals surface area (Å²) in [5.74, 6) is -1.57. The molecular weight excluding hydrogens is 187 g/mol. The average Bonchev–Trinajstić information content (AvgIpc) is 2.49. The standard InChI is InChI=1S/C9H7FN2O2/c1-4-7-6(10)3-2-5(9(13)14)8(7)12-11-4/h2-3H,1H3,(H,11,12)(H,13,14). The lowest BCUT2D eigenvalue weighted by Gasteiger charge is -1.96. The summed E-state index contributed by atoms with van der Waals surface area (Å²) < 4.78 is 13.3. The van der Waals surface area contributed by atoms with Gasteiger partial charge in [0.2, 0.25) is 0 Å². The first-order chi connectivity index (χ1) is 6.61. The molecule has 0 saturated heterocycles. The summed E-state index contributed by atoms with van der Waals surface area (Å²) >= 11 is 0. The number of carboxylic acid groups (broad SMARTS) is 1. The quantitative estimate of drug-likeness (QED) is 0.726. The van der Waals surface area contributed by atoms with E-state index in [1.165, 1.54) is 6.07 Å². The number of nitrogens with one attached hydrogen (secondary N) is 1. The monoisotopic (exact) mass is 194 g/mol. The Bertz CT molecular complexity index is 519. The number of aryl methyl sites for hydroxylation is 1. The molecule has 14 heavy (non-hydrogen) atoms. The van der Waals surface area contributed by atoms with E-state index in [1.807, 2.05) is 0 Å². The van der Waals surface area contributed by atoms with E-state index in [2.05, 4.69) is 10.2 Å². The zero-order valence-corrected chi connectivity index (χ0v) is 7.34. The maximum absolute atomic E-state index is 13.3. The molecule has 0 spiro atoms. The number of hydrogen-bond acceptors (Lipinski definition) is 2. The van der Waals surface area contributed by atoms with Crippen molar-refractivity contribution < 1.29 is 14.3 Å². The lowest BCUT2D eigenvalue weighted by molar-refractivity contribution is 0.0699. The lowest BCUT2D eigenvalue weighted by atomic mass is 10.1. The molecule has 0 amide bonds. The van der Waals surface area contributed by atoms with Gasteiger partial charge in [0.15, 0.2) is 0 Å². The number of nitrogens with zero attached hydrogens (tertiary/aromatic N) is 1. The number of benzene rings is 1. The largest absolute Gasteiger partial charge is 0.478 e. The molecule has 1 aromatic heterocycles. The molecule has 5 heteroatoms. The molecule has 0 atom stereocenters. The van der Waals surface area contributed by atoms with Crippen molar-refractivity contribution in [3.05, 3.63) is 29.2 Å². The lowest BCUT2D eigenvalue weighted by Crippen LogP contribution is -1.98. The van der Waals surface area contributed by atoms with Gasteiger partial charge in [-0.1, -0.05) is 0 Å². The molecule has 1 heterocycles. The van der Waals surface area contributed by atoms with Gasteiger partial charge in [0.25, 0.3) is 0 Å². The second kappa shape index (κ2) is 2.80. The first-order valence-electron chi connectivity index (χ1n) is 3.97. The highest BCUT2D eigenvalue weighted by Crippen LogP contribution is 2.22. The van der Waals surface area contributed by atoms with Gasteiger partial charge in [-0.3, -0.25) is 5.10 Å². The molecule has 0 aliphatic rings. The summed E-state index contributed by atoms with van der Waals surface area (Å²) in [4.78, 5) is 10.8. The third-order valence-corrected chi connectivity index (χ3v) is 2.07. The van der Waals surface area contributed by atoms with Crippen molar-refractivity contribution in [3.63, 3.8) is 0 Å². The second-order valence-electron chi connectivity index (χ2n) is 2.97. The second-order valence-corrected chi connectivity index (χ2v) is 2.97. The molecule has 0 bridgehead atoms. The highest BCUT2D eigenvalue weighted by molar-refractivity contribution is 6.02. The van der Waals surface area contributed by atoms with E-state index in [1.54, 1.807) is 6.92 Å². The SMILES string of the molecule is Cc1[nH]nc2c(C(=O)O)ccc(F)c12. The molecular formula is C9H7FN2O2. The van der Waals surface area contributed by atoms with Gasteiger partial charge in [-0.15, -0.1) is 0 Å². The number of carbonyl (C=O) groups is 1. The van der Waals surface area contributed by atoms with Crippen LogP contribution in [0.25, 0.3) is 10.9 Å². The summed E-state index contributed by atoms with van der Waals surface area (Å²) in [6.07, 6.45) is 0. The number of aromatic carboxylic acids is 1. The number of H-pyrrole nitrogens is 1. The number of aromatic amines is 1. The van der Waals surface area contributed by atoms with Crippen LogP contribution < -0.4 is 0 Å². The molecule has 72 valence electrons. The summed E-state index contributed by atoms with van der Waals surface area (Å²) in [7, 11) is 0. The van der Waals surface area contributed by atoms with Crippen LogP contribution >= 0.6 is 0 Å². The molecule has 2 N–H and O–H groups in total. The van der Waals surface area contributed by atoms with Crippen LogP contribution in [0.1, 0.15) is 16.1 Å². The highest BCUT2D eigenvalue weighted by Gasteiger charge is 2.15. The topological polar surface area (TPSA) is 66.0 Å². The molecule has 0 aliphatic heterocycles. The van der Waals surface area contributed by atoms with Gasteiger partial charge in [0, 0.05) is 5.69 Å². The van der Waals surface area contributed by atoms with Crippen molar-refractivity contribution in [1.29, 1.82) is 0 Å². The number of carboxylic acids is 1. The summed E-state index contributed by atoms with van der Waals surface area (Å²) in [6.45, 7) is 1.64. The van der Waals surface area contributed by atoms with Crippen LogP contribution in [0.5, 0.6) is 0 Å². The van der Waals surface area contributed by atoms with E-state index in [-0.39, 0.29) is 16.5 Å². The fraction of sp³-hybridized carbons (Fsp3) is 0.111. The Balaban J connectivity index is 2.90. The first kappa shape index (κ1) is 8.68. The molecule has 0 fully saturated rings. The van der Waals surface area contributed by atoms with E-state index in [9.17, 15) is 9.18 Å². The number of halogens is 1.